The molecule has 150 valence electrons. The van der Waals surface area contributed by atoms with Crippen molar-refractivity contribution in [2.45, 2.75) is 60.6 Å². The molecule has 0 radical (unpaired) electrons. The van der Waals surface area contributed by atoms with Gasteiger partial charge in [0.25, 0.3) is 5.56 Å². The Kier molecular flexibility index (Phi) is 5.58. The summed E-state index contributed by atoms with van der Waals surface area (Å²) in [6.07, 6.45) is 0.183. The first-order valence-corrected chi connectivity index (χ1v) is 10.3. The zero-order valence-electron chi connectivity index (χ0n) is 15.3. The minimum atomic E-state index is -1.36. The van der Waals surface area contributed by atoms with Gasteiger partial charge in [-0.2, -0.15) is 0 Å². The van der Waals surface area contributed by atoms with Crippen LogP contribution >= 0.6 is 34.8 Å². The first kappa shape index (κ1) is 20.9. The molecule has 0 spiro atoms. The number of aliphatic hydroxyl groups excluding tert-OH is 1. The van der Waals surface area contributed by atoms with Crippen LogP contribution in [0.5, 0.6) is 0 Å². The van der Waals surface area contributed by atoms with Crippen LogP contribution in [0.4, 0.5) is 0 Å². The normalized spacial score (nSPS) is 32.2. The summed E-state index contributed by atoms with van der Waals surface area (Å²) in [5.74, 6) is -0.752. The van der Waals surface area contributed by atoms with E-state index < -0.39 is 35.6 Å². The number of methoxy groups -OCH3 is 1. The summed E-state index contributed by atoms with van der Waals surface area (Å²) in [5.41, 5.74) is -1.72. The molecule has 27 heavy (non-hydrogen) atoms. The van der Waals surface area contributed by atoms with Crippen molar-refractivity contribution >= 4 is 40.8 Å². The average molecular weight is 510 g/mol. The highest BCUT2D eigenvalue weighted by atomic mass is 127. The van der Waals surface area contributed by atoms with Gasteiger partial charge < -0.3 is 19.7 Å². The SMILES string of the molecule is CCC(I)(CC)C1[C@H]2OC(n3cc(CC(=O)OC)c(=O)[nH]c3=S)[C@H](O)[C@@]12O. The number of esters is 1. The number of aromatic nitrogens is 2. The second-order valence-electron chi connectivity index (χ2n) is 7.07. The number of carbonyl (C=O) groups excluding carboxylic acids is 1. The Labute approximate surface area is 175 Å². The van der Waals surface area contributed by atoms with E-state index in [0.717, 1.165) is 12.8 Å². The van der Waals surface area contributed by atoms with Gasteiger partial charge in [-0.25, -0.2) is 0 Å². The molecule has 1 aliphatic heterocycles. The van der Waals surface area contributed by atoms with E-state index in [1.165, 1.54) is 17.9 Å². The molecule has 2 heterocycles. The molecule has 1 aromatic heterocycles. The van der Waals surface area contributed by atoms with Crippen LogP contribution in [-0.4, -0.2) is 54.1 Å². The van der Waals surface area contributed by atoms with Crippen molar-refractivity contribution in [3.05, 3.63) is 26.9 Å². The van der Waals surface area contributed by atoms with Gasteiger partial charge in [-0.3, -0.25) is 19.1 Å². The molecule has 0 aromatic carbocycles. The minimum Gasteiger partial charge on any atom is -0.469 e. The van der Waals surface area contributed by atoms with E-state index >= 15 is 0 Å². The molecular weight excluding hydrogens is 487 g/mol. The van der Waals surface area contributed by atoms with E-state index in [2.05, 4.69) is 32.3 Å². The van der Waals surface area contributed by atoms with Gasteiger partial charge in [0, 0.05) is 21.1 Å². The Bertz CT molecular complexity index is 866. The number of aromatic amines is 1. The van der Waals surface area contributed by atoms with Gasteiger partial charge in [-0.1, -0.05) is 36.4 Å². The zero-order valence-corrected chi connectivity index (χ0v) is 18.2. The smallest absolute Gasteiger partial charge is 0.310 e. The van der Waals surface area contributed by atoms with Gasteiger partial charge in [-0.15, -0.1) is 0 Å². The lowest BCUT2D eigenvalue weighted by Gasteiger charge is -2.32. The molecule has 2 aliphatic rings. The quantitative estimate of drug-likeness (QED) is 0.228. The Morgan fingerprint density at radius 2 is 2.15 bits per heavy atom. The van der Waals surface area contributed by atoms with Crippen LogP contribution in [0, 0.1) is 10.7 Å². The van der Waals surface area contributed by atoms with E-state index in [0.29, 0.717) is 0 Å². The number of H-pyrrole nitrogens is 1. The van der Waals surface area contributed by atoms with Crippen LogP contribution in [0.2, 0.25) is 0 Å². The molecule has 8 nitrogen and oxygen atoms in total. The van der Waals surface area contributed by atoms with Crippen LogP contribution in [0.15, 0.2) is 11.0 Å². The molecule has 1 aliphatic carbocycles. The second-order valence-corrected chi connectivity index (χ2v) is 9.61. The number of fused-ring (bicyclic) bond motifs is 1. The molecule has 3 N–H and O–H groups in total. The van der Waals surface area contributed by atoms with E-state index in [1.54, 1.807) is 0 Å². The first-order valence-electron chi connectivity index (χ1n) is 8.80. The number of nitrogens with zero attached hydrogens (tertiary/aromatic N) is 1. The van der Waals surface area contributed by atoms with Crippen molar-refractivity contribution in [3.63, 3.8) is 0 Å². The number of alkyl halides is 1. The lowest BCUT2D eigenvalue weighted by molar-refractivity contribution is -0.139. The molecule has 1 aromatic rings. The van der Waals surface area contributed by atoms with Crippen molar-refractivity contribution in [1.82, 2.24) is 9.55 Å². The molecule has 0 bridgehead atoms. The topological polar surface area (TPSA) is 114 Å². The van der Waals surface area contributed by atoms with Crippen LogP contribution in [0.1, 0.15) is 38.5 Å². The number of hydrogen-bond donors (Lipinski definition) is 3. The second kappa shape index (κ2) is 7.21. The molecule has 2 fully saturated rings. The lowest BCUT2D eigenvalue weighted by Crippen LogP contribution is -2.41. The summed E-state index contributed by atoms with van der Waals surface area (Å²) in [5, 5.41) is 21.9. The zero-order chi connectivity index (χ0) is 20.1. The molecule has 0 amide bonds. The van der Waals surface area contributed by atoms with Gasteiger partial charge in [-0.05, 0) is 25.1 Å². The third-order valence-electron chi connectivity index (χ3n) is 5.79. The number of hydrogen-bond acceptors (Lipinski definition) is 7. The Morgan fingerprint density at radius 3 is 2.63 bits per heavy atom. The summed E-state index contributed by atoms with van der Waals surface area (Å²) < 4.78 is 11.8. The summed E-state index contributed by atoms with van der Waals surface area (Å²) in [4.78, 5) is 26.0. The summed E-state index contributed by atoms with van der Waals surface area (Å²) in [6, 6.07) is 0. The molecule has 3 rings (SSSR count). The standard InChI is InChI=1S/C17H23IN2O6S/c1-4-16(18,5-2)10-12-17(10,24)11(22)14(26-12)20-7-8(6-9(21)25-3)13(23)19-15(20)27/h7,10-12,14,22,24H,4-6H2,1-3H3,(H,19,23,27)/t10?,11-,12+,14?,17-/m0/s1. The fraction of sp³-hybridized carbons (Fsp3) is 0.706. The van der Waals surface area contributed by atoms with Crippen LogP contribution in [0.25, 0.3) is 0 Å². The average Bonchev–Trinajstić information content (AvgIpc) is 3.17. The van der Waals surface area contributed by atoms with Gasteiger partial charge in [0.1, 0.15) is 11.7 Å². The van der Waals surface area contributed by atoms with E-state index in [9.17, 15) is 19.8 Å². The third-order valence-corrected chi connectivity index (χ3v) is 8.30. The molecule has 10 heteroatoms. The minimum absolute atomic E-state index is 0.0471. The molecular formula is C17H23IN2O6S. The number of carbonyl (C=O) groups is 1. The fourth-order valence-corrected chi connectivity index (χ4v) is 5.09. The Morgan fingerprint density at radius 1 is 1.52 bits per heavy atom. The maximum Gasteiger partial charge on any atom is 0.310 e. The van der Waals surface area contributed by atoms with E-state index in [4.69, 9.17) is 17.0 Å². The maximum atomic E-state index is 12.0. The van der Waals surface area contributed by atoms with Gasteiger partial charge in [0.05, 0.1) is 19.6 Å². The van der Waals surface area contributed by atoms with Crippen molar-refractivity contribution in [3.8, 4) is 0 Å². The number of rotatable bonds is 6. The van der Waals surface area contributed by atoms with Crippen molar-refractivity contribution in [2.75, 3.05) is 7.11 Å². The molecule has 2 unspecified atom stereocenters. The van der Waals surface area contributed by atoms with Gasteiger partial charge in [0.2, 0.25) is 0 Å². The summed E-state index contributed by atoms with van der Waals surface area (Å²) in [7, 11) is 1.23. The highest BCUT2D eigenvalue weighted by Gasteiger charge is 2.80. The van der Waals surface area contributed by atoms with Gasteiger partial charge in [0.15, 0.2) is 11.0 Å². The molecule has 1 saturated carbocycles. The maximum absolute atomic E-state index is 12.0. The summed E-state index contributed by atoms with van der Waals surface area (Å²) >= 11 is 7.53. The number of aliphatic hydroxyl groups is 2. The first-order chi connectivity index (χ1) is 12.6. The predicted octanol–water partition coefficient (Wildman–Crippen LogP) is 1.23. The Balaban J connectivity index is 1.90. The van der Waals surface area contributed by atoms with Crippen molar-refractivity contribution in [1.29, 1.82) is 0 Å². The number of nitrogens with one attached hydrogen (secondary N) is 1. The molecule has 1 saturated heterocycles. The highest BCUT2D eigenvalue weighted by Crippen LogP contribution is 2.65. The summed E-state index contributed by atoms with van der Waals surface area (Å²) in [6.45, 7) is 4.10. The fourth-order valence-electron chi connectivity index (χ4n) is 4.02. The van der Waals surface area contributed by atoms with Crippen LogP contribution in [0.3, 0.4) is 0 Å². The molecule has 5 atom stereocenters. The van der Waals surface area contributed by atoms with E-state index in [1.807, 2.05) is 13.8 Å². The van der Waals surface area contributed by atoms with Crippen LogP contribution < -0.4 is 5.56 Å². The Hall–Kier alpha value is -0.820. The van der Waals surface area contributed by atoms with Crippen molar-refractivity contribution in [2.24, 2.45) is 5.92 Å². The number of ether oxygens (including phenoxy) is 2. The highest BCUT2D eigenvalue weighted by molar-refractivity contribution is 14.1. The van der Waals surface area contributed by atoms with E-state index in [-0.39, 0.29) is 26.1 Å². The van der Waals surface area contributed by atoms with Crippen LogP contribution in [-0.2, 0) is 20.7 Å². The third kappa shape index (κ3) is 3.18. The monoisotopic (exact) mass is 510 g/mol. The predicted molar refractivity (Wildman–Crippen MR) is 107 cm³/mol. The van der Waals surface area contributed by atoms with Crippen molar-refractivity contribution < 1.29 is 24.5 Å². The lowest BCUT2D eigenvalue weighted by atomic mass is 9.92. The number of halogens is 1. The largest absolute Gasteiger partial charge is 0.469 e. The van der Waals surface area contributed by atoms with Gasteiger partial charge >= 0.3 is 5.97 Å².